The lowest BCUT2D eigenvalue weighted by Gasteiger charge is -2.18. The Kier molecular flexibility index (Phi) is 9.79. The summed E-state index contributed by atoms with van der Waals surface area (Å²) in [4.78, 5) is 0. The van der Waals surface area contributed by atoms with E-state index >= 15 is 0 Å². The third kappa shape index (κ3) is 8.51. The molecule has 0 aliphatic rings. The van der Waals surface area contributed by atoms with E-state index in [1.54, 1.807) is 48.5 Å². The molecular weight excluding hydrogens is 624 g/mol. The van der Waals surface area contributed by atoms with Crippen molar-refractivity contribution in [3.05, 3.63) is 104 Å². The van der Waals surface area contributed by atoms with E-state index < -0.39 is 0 Å². The van der Waals surface area contributed by atoms with Crippen LogP contribution in [0.5, 0.6) is 0 Å². The Morgan fingerprint density at radius 3 is 1.39 bits per heavy atom. The molecule has 0 atom stereocenters. The summed E-state index contributed by atoms with van der Waals surface area (Å²) in [6, 6.07) is 23.1. The molecule has 0 saturated heterocycles. The van der Waals surface area contributed by atoms with Gasteiger partial charge in [0.15, 0.2) is 10.2 Å². The van der Waals surface area contributed by atoms with Gasteiger partial charge in [-0.1, -0.05) is 58.0 Å². The fraction of sp³-hybridized carbons (Fsp3) is 0. The molecule has 0 saturated carbocycles. The van der Waals surface area contributed by atoms with Crippen LogP contribution in [0.1, 0.15) is 0 Å². The Morgan fingerprint density at radius 2 is 0.868 bits per heavy atom. The van der Waals surface area contributed by atoms with Crippen LogP contribution in [0.3, 0.4) is 0 Å². The van der Waals surface area contributed by atoms with E-state index in [1.165, 1.54) is 0 Å². The molecule has 0 unspecified atom stereocenters. The molecule has 4 aromatic carbocycles. The fourth-order valence-corrected chi connectivity index (χ4v) is 4.99. The van der Waals surface area contributed by atoms with Crippen molar-refractivity contribution >= 4 is 127 Å². The van der Waals surface area contributed by atoms with Gasteiger partial charge in [0.05, 0.1) is 11.4 Å². The maximum absolute atomic E-state index is 6.12. The highest BCUT2D eigenvalue weighted by atomic mass is 35.5. The molecule has 12 heteroatoms. The Bertz CT molecular complexity index is 1460. The summed E-state index contributed by atoms with van der Waals surface area (Å²) in [5.74, 6) is 0. The predicted octanol–water partition coefficient (Wildman–Crippen LogP) is 10.3. The number of hydrogen-bond acceptors (Lipinski definition) is 3. The number of halogens is 5. The average molecular weight is 642 g/mol. The summed E-state index contributed by atoms with van der Waals surface area (Å²) in [5.41, 5.74) is 4.27. The van der Waals surface area contributed by atoms with E-state index in [4.69, 9.17) is 82.4 Å². The zero-order valence-electron chi connectivity index (χ0n) is 19.2. The molecule has 5 nitrogen and oxygen atoms in total. The van der Waals surface area contributed by atoms with Crippen LogP contribution in [0.15, 0.2) is 78.9 Å². The summed E-state index contributed by atoms with van der Waals surface area (Å²) < 4.78 is 0. The molecule has 0 amide bonds. The van der Waals surface area contributed by atoms with Gasteiger partial charge in [0.25, 0.3) is 0 Å². The van der Waals surface area contributed by atoms with Crippen molar-refractivity contribution in [1.29, 1.82) is 0 Å². The van der Waals surface area contributed by atoms with Crippen LogP contribution in [0.25, 0.3) is 0 Å². The molecule has 0 aromatic heterocycles. The first kappa shape index (κ1) is 28.5. The van der Waals surface area contributed by atoms with Crippen LogP contribution in [0.4, 0.5) is 34.1 Å². The second-order valence-electron chi connectivity index (χ2n) is 7.87. The minimum Gasteiger partial charge on any atom is -0.354 e. The van der Waals surface area contributed by atoms with Gasteiger partial charge in [-0.15, -0.1) is 0 Å². The second kappa shape index (κ2) is 13.0. The average Bonchev–Trinajstić information content (AvgIpc) is 2.80. The van der Waals surface area contributed by atoms with Gasteiger partial charge in [0.2, 0.25) is 0 Å². The summed E-state index contributed by atoms with van der Waals surface area (Å²) >= 11 is 41.5. The Morgan fingerprint density at radius 1 is 0.421 bits per heavy atom. The van der Waals surface area contributed by atoms with Gasteiger partial charge in [-0.25, -0.2) is 0 Å². The molecule has 0 aliphatic heterocycles. The molecule has 0 fully saturated rings. The first-order chi connectivity index (χ1) is 18.1. The lowest BCUT2D eigenvalue weighted by Crippen LogP contribution is -2.21. The highest BCUT2D eigenvalue weighted by Crippen LogP contribution is 2.31. The van der Waals surface area contributed by atoms with Gasteiger partial charge in [0.1, 0.15) is 0 Å². The molecular formula is C26H18Cl5N5S2. The standard InChI is InChI=1S/C26H18Cl5N5S2/c27-14-1-3-19(4-2-14)32-23-6-5-20(33-25(37)34-21-9-15(28)7-16(29)10-21)13-24(23)36-26(38)35-22-11-17(30)8-18(31)12-22/h1-13,32H,(H2,33,34,37)(H2,35,36,38). The molecule has 4 rings (SSSR count). The predicted molar refractivity (Wildman–Crippen MR) is 174 cm³/mol. The van der Waals surface area contributed by atoms with Crippen molar-refractivity contribution in [3.63, 3.8) is 0 Å². The van der Waals surface area contributed by atoms with Crippen molar-refractivity contribution < 1.29 is 0 Å². The van der Waals surface area contributed by atoms with Crippen molar-refractivity contribution in [2.75, 3.05) is 26.6 Å². The molecule has 194 valence electrons. The number of nitrogens with one attached hydrogen (secondary N) is 5. The number of thiocarbonyl (C=S) groups is 2. The third-order valence-corrected chi connectivity index (χ3v) is 6.42. The van der Waals surface area contributed by atoms with E-state index in [0.717, 1.165) is 11.4 Å². The Labute approximate surface area is 255 Å². The highest BCUT2D eigenvalue weighted by Gasteiger charge is 2.10. The normalized spacial score (nSPS) is 10.4. The van der Waals surface area contributed by atoms with E-state index in [0.29, 0.717) is 58.1 Å². The van der Waals surface area contributed by atoms with Crippen molar-refractivity contribution in [2.45, 2.75) is 0 Å². The maximum atomic E-state index is 6.12. The van der Waals surface area contributed by atoms with Crippen LogP contribution < -0.4 is 26.6 Å². The summed E-state index contributed by atoms with van der Waals surface area (Å²) in [5, 5.41) is 19.2. The number of rotatable bonds is 6. The minimum absolute atomic E-state index is 0.328. The molecule has 5 N–H and O–H groups in total. The first-order valence-corrected chi connectivity index (χ1v) is 13.6. The SMILES string of the molecule is S=C(Nc1cc(Cl)cc(Cl)c1)Nc1ccc(Nc2ccc(Cl)cc2)c(NC(=S)Nc2cc(Cl)cc(Cl)c2)c1. The maximum Gasteiger partial charge on any atom is 0.175 e. The molecule has 0 spiro atoms. The van der Waals surface area contributed by atoms with Gasteiger partial charge in [-0.05, 0) is 103 Å². The molecule has 38 heavy (non-hydrogen) atoms. The molecule has 0 radical (unpaired) electrons. The topological polar surface area (TPSA) is 60.1 Å². The molecule has 0 heterocycles. The lowest BCUT2D eigenvalue weighted by molar-refractivity contribution is 1.52. The Hall–Kier alpha value is -2.49. The van der Waals surface area contributed by atoms with Gasteiger partial charge in [-0.3, -0.25) is 0 Å². The first-order valence-electron chi connectivity index (χ1n) is 10.9. The monoisotopic (exact) mass is 639 g/mol. The van der Waals surface area contributed by atoms with E-state index in [1.807, 2.05) is 30.3 Å². The van der Waals surface area contributed by atoms with Crippen LogP contribution in [0, 0.1) is 0 Å². The van der Waals surface area contributed by atoms with E-state index in [2.05, 4.69) is 26.6 Å². The summed E-state index contributed by atoms with van der Waals surface area (Å²) in [6.45, 7) is 0. The number of hydrogen-bond donors (Lipinski definition) is 5. The zero-order valence-corrected chi connectivity index (χ0v) is 24.6. The van der Waals surface area contributed by atoms with Gasteiger partial charge >= 0.3 is 0 Å². The number of benzene rings is 4. The second-order valence-corrected chi connectivity index (χ2v) is 10.9. The van der Waals surface area contributed by atoms with Crippen LogP contribution >= 0.6 is 82.4 Å². The summed E-state index contributed by atoms with van der Waals surface area (Å²) in [7, 11) is 0. The third-order valence-electron chi connectivity index (χ3n) is 4.89. The quantitative estimate of drug-likeness (QED) is 0.134. The van der Waals surface area contributed by atoms with Crippen molar-refractivity contribution in [3.8, 4) is 0 Å². The zero-order chi connectivity index (χ0) is 27.2. The van der Waals surface area contributed by atoms with Gasteiger partial charge in [0, 0.05) is 47.9 Å². The smallest absolute Gasteiger partial charge is 0.175 e. The van der Waals surface area contributed by atoms with Crippen molar-refractivity contribution in [1.82, 2.24) is 0 Å². The van der Waals surface area contributed by atoms with Crippen molar-refractivity contribution in [2.24, 2.45) is 0 Å². The molecule has 0 aliphatic carbocycles. The van der Waals surface area contributed by atoms with Crippen LogP contribution in [-0.4, -0.2) is 10.2 Å². The molecule has 4 aromatic rings. The van der Waals surface area contributed by atoms with E-state index in [9.17, 15) is 0 Å². The van der Waals surface area contributed by atoms with E-state index in [-0.39, 0.29) is 0 Å². The minimum atomic E-state index is 0.328. The van der Waals surface area contributed by atoms with Crippen LogP contribution in [0.2, 0.25) is 25.1 Å². The Balaban J connectivity index is 1.55. The summed E-state index contributed by atoms with van der Waals surface area (Å²) in [6.07, 6.45) is 0. The van der Waals surface area contributed by atoms with Crippen LogP contribution in [-0.2, 0) is 0 Å². The van der Waals surface area contributed by atoms with Gasteiger partial charge < -0.3 is 26.6 Å². The lowest BCUT2D eigenvalue weighted by atomic mass is 10.2. The number of anilines is 6. The largest absolute Gasteiger partial charge is 0.354 e. The fourth-order valence-electron chi connectivity index (χ4n) is 3.35. The molecule has 0 bridgehead atoms. The van der Waals surface area contributed by atoms with Gasteiger partial charge in [-0.2, -0.15) is 0 Å². The highest BCUT2D eigenvalue weighted by molar-refractivity contribution is 7.81.